The van der Waals surface area contributed by atoms with Crippen molar-refractivity contribution in [2.24, 2.45) is 5.92 Å². The van der Waals surface area contributed by atoms with Crippen molar-refractivity contribution < 1.29 is 19.4 Å². The van der Waals surface area contributed by atoms with E-state index in [0.29, 0.717) is 13.0 Å². The van der Waals surface area contributed by atoms with Crippen LogP contribution in [0.3, 0.4) is 0 Å². The fourth-order valence-electron chi connectivity index (χ4n) is 1.87. The van der Waals surface area contributed by atoms with Gasteiger partial charge in [-0.05, 0) is 0 Å². The lowest BCUT2D eigenvalue weighted by Gasteiger charge is -2.15. The number of aliphatic carboxylic acids is 1. The van der Waals surface area contributed by atoms with Crippen LogP contribution in [0.25, 0.3) is 0 Å². The first kappa shape index (κ1) is 12.6. The van der Waals surface area contributed by atoms with E-state index in [0.717, 1.165) is 0 Å². The molecule has 18 heavy (non-hydrogen) atoms. The molecular formula is C11H15N3O4. The number of carbonyl (C=O) groups is 2. The van der Waals surface area contributed by atoms with Crippen LogP contribution in [0.2, 0.25) is 0 Å². The molecule has 0 aliphatic carbocycles. The van der Waals surface area contributed by atoms with Gasteiger partial charge in [0.1, 0.15) is 5.92 Å². The molecule has 1 aliphatic rings. The number of hydrogen-bond acceptors (Lipinski definition) is 4. The van der Waals surface area contributed by atoms with E-state index in [-0.39, 0.29) is 19.1 Å². The zero-order valence-electron chi connectivity index (χ0n) is 9.78. The summed E-state index contributed by atoms with van der Waals surface area (Å²) in [6.45, 7) is 0.937. The third-order valence-electron chi connectivity index (χ3n) is 2.90. The summed E-state index contributed by atoms with van der Waals surface area (Å²) in [5.41, 5.74) is 0. The Morgan fingerprint density at radius 2 is 2.33 bits per heavy atom. The zero-order chi connectivity index (χ0) is 13.0. The second kappa shape index (κ2) is 5.63. The van der Waals surface area contributed by atoms with Crippen LogP contribution in [-0.2, 0) is 20.9 Å². The van der Waals surface area contributed by atoms with Gasteiger partial charge in [-0.25, -0.2) is 4.98 Å². The fraction of sp³-hybridized carbons (Fsp3) is 0.545. The molecule has 1 fully saturated rings. The Balaban J connectivity index is 1.78. The third-order valence-corrected chi connectivity index (χ3v) is 2.90. The second-order valence-corrected chi connectivity index (χ2v) is 4.21. The van der Waals surface area contributed by atoms with Gasteiger partial charge in [-0.3, -0.25) is 9.59 Å². The summed E-state index contributed by atoms with van der Waals surface area (Å²) >= 11 is 0. The number of amides is 1. The highest BCUT2D eigenvalue weighted by molar-refractivity contribution is 5.78. The van der Waals surface area contributed by atoms with Gasteiger partial charge in [0, 0.05) is 25.4 Å². The molecule has 1 aliphatic heterocycles. The molecule has 1 aromatic rings. The summed E-state index contributed by atoms with van der Waals surface area (Å²) in [6, 6.07) is -0.433. The van der Waals surface area contributed by atoms with Crippen LogP contribution in [0.1, 0.15) is 6.42 Å². The van der Waals surface area contributed by atoms with Gasteiger partial charge in [0.15, 0.2) is 0 Å². The van der Waals surface area contributed by atoms with Crippen LogP contribution in [0.5, 0.6) is 0 Å². The number of aromatic nitrogens is 2. The van der Waals surface area contributed by atoms with Crippen molar-refractivity contribution in [3.8, 4) is 0 Å². The molecule has 0 saturated carbocycles. The first-order valence-electron chi connectivity index (χ1n) is 5.72. The molecule has 0 aromatic carbocycles. The van der Waals surface area contributed by atoms with Gasteiger partial charge < -0.3 is 19.7 Å². The maximum Gasteiger partial charge on any atom is 0.311 e. The lowest BCUT2D eigenvalue weighted by atomic mass is 10.0. The van der Waals surface area contributed by atoms with Crippen LogP contribution in [0.15, 0.2) is 18.7 Å². The number of rotatable bonds is 5. The average molecular weight is 253 g/mol. The number of hydrogen-bond donors (Lipinski definition) is 2. The molecule has 2 atom stereocenters. The zero-order valence-corrected chi connectivity index (χ0v) is 9.78. The van der Waals surface area contributed by atoms with Gasteiger partial charge in [-0.1, -0.05) is 0 Å². The molecule has 7 heteroatoms. The minimum Gasteiger partial charge on any atom is -0.481 e. The molecule has 98 valence electrons. The van der Waals surface area contributed by atoms with E-state index < -0.39 is 17.9 Å². The molecule has 7 nitrogen and oxygen atoms in total. The van der Waals surface area contributed by atoms with Crippen LogP contribution >= 0.6 is 0 Å². The van der Waals surface area contributed by atoms with Crippen molar-refractivity contribution >= 4 is 11.9 Å². The van der Waals surface area contributed by atoms with Crippen LogP contribution in [-0.4, -0.2) is 45.8 Å². The van der Waals surface area contributed by atoms with Gasteiger partial charge in [-0.15, -0.1) is 0 Å². The maximum absolute atomic E-state index is 11.7. The van der Waals surface area contributed by atoms with E-state index in [1.165, 1.54) is 0 Å². The normalized spacial score (nSPS) is 22.9. The fourth-order valence-corrected chi connectivity index (χ4v) is 1.87. The molecule has 1 aromatic heterocycles. The Morgan fingerprint density at radius 1 is 1.50 bits per heavy atom. The van der Waals surface area contributed by atoms with Crippen molar-refractivity contribution in [1.82, 2.24) is 14.9 Å². The minimum atomic E-state index is -0.938. The number of carbonyl (C=O) groups excluding carboxylic acids is 1. The largest absolute Gasteiger partial charge is 0.481 e. The highest BCUT2D eigenvalue weighted by Crippen LogP contribution is 2.13. The molecule has 2 unspecified atom stereocenters. The van der Waals surface area contributed by atoms with E-state index in [2.05, 4.69) is 10.3 Å². The van der Waals surface area contributed by atoms with Crippen LogP contribution in [0, 0.1) is 5.92 Å². The third kappa shape index (κ3) is 3.07. The number of nitrogens with one attached hydrogen (secondary N) is 1. The van der Waals surface area contributed by atoms with E-state index in [1.54, 1.807) is 23.3 Å². The quantitative estimate of drug-likeness (QED) is 0.737. The highest BCUT2D eigenvalue weighted by atomic mass is 16.5. The predicted molar refractivity (Wildman–Crippen MR) is 60.7 cm³/mol. The van der Waals surface area contributed by atoms with Gasteiger partial charge in [0.05, 0.1) is 25.6 Å². The maximum atomic E-state index is 11.7. The standard InChI is InChI=1S/C11H15N3O4/c15-10(1-3-14-4-2-12-7-14)13-9-6-18-5-8(9)11(16)17/h2,4,7-9H,1,3,5-6H2,(H,13,15)(H,16,17). The van der Waals surface area contributed by atoms with Gasteiger partial charge in [0.25, 0.3) is 0 Å². The highest BCUT2D eigenvalue weighted by Gasteiger charge is 2.34. The number of carboxylic acids is 1. The van der Waals surface area contributed by atoms with Crippen molar-refractivity contribution in [2.75, 3.05) is 13.2 Å². The smallest absolute Gasteiger partial charge is 0.311 e. The molecular weight excluding hydrogens is 238 g/mol. The van der Waals surface area contributed by atoms with Crippen LogP contribution < -0.4 is 5.32 Å². The van der Waals surface area contributed by atoms with E-state index in [1.807, 2.05) is 0 Å². The number of ether oxygens (including phenoxy) is 1. The van der Waals surface area contributed by atoms with Gasteiger partial charge >= 0.3 is 5.97 Å². The Hall–Kier alpha value is -1.89. The summed E-state index contributed by atoms with van der Waals surface area (Å²) in [5.74, 6) is -1.76. The molecule has 0 spiro atoms. The Kier molecular flexibility index (Phi) is 3.93. The lowest BCUT2D eigenvalue weighted by Crippen LogP contribution is -2.42. The molecule has 1 amide bonds. The lowest BCUT2D eigenvalue weighted by molar-refractivity contribution is -0.142. The van der Waals surface area contributed by atoms with E-state index in [4.69, 9.17) is 9.84 Å². The van der Waals surface area contributed by atoms with Crippen molar-refractivity contribution in [2.45, 2.75) is 19.0 Å². The molecule has 1 saturated heterocycles. The Labute approximate surface area is 104 Å². The van der Waals surface area contributed by atoms with Gasteiger partial charge in [0.2, 0.25) is 5.91 Å². The van der Waals surface area contributed by atoms with Crippen LogP contribution in [0.4, 0.5) is 0 Å². The van der Waals surface area contributed by atoms with Crippen molar-refractivity contribution in [3.05, 3.63) is 18.7 Å². The summed E-state index contributed by atoms with van der Waals surface area (Å²) in [5, 5.41) is 11.6. The van der Waals surface area contributed by atoms with Crippen molar-refractivity contribution in [1.29, 1.82) is 0 Å². The molecule has 0 bridgehead atoms. The Bertz CT molecular complexity index is 418. The SMILES string of the molecule is O=C(CCn1ccnc1)NC1COCC1C(=O)O. The number of carboxylic acid groups (broad SMARTS) is 1. The number of nitrogens with zero attached hydrogens (tertiary/aromatic N) is 2. The number of aryl methyl sites for hydroxylation is 1. The second-order valence-electron chi connectivity index (χ2n) is 4.21. The summed E-state index contributed by atoms with van der Waals surface area (Å²) < 4.78 is 6.86. The minimum absolute atomic E-state index is 0.155. The van der Waals surface area contributed by atoms with E-state index >= 15 is 0 Å². The molecule has 0 radical (unpaired) electrons. The molecule has 2 rings (SSSR count). The van der Waals surface area contributed by atoms with Crippen molar-refractivity contribution in [3.63, 3.8) is 0 Å². The van der Waals surface area contributed by atoms with E-state index in [9.17, 15) is 9.59 Å². The molecule has 2 N–H and O–H groups in total. The summed E-state index contributed by atoms with van der Waals surface area (Å²) in [4.78, 5) is 26.4. The summed E-state index contributed by atoms with van der Waals surface area (Å²) in [6.07, 6.45) is 5.33. The van der Waals surface area contributed by atoms with Gasteiger partial charge in [-0.2, -0.15) is 0 Å². The molecule has 2 heterocycles. The predicted octanol–water partition coefficient (Wildman–Crippen LogP) is -0.511. The summed E-state index contributed by atoms with van der Waals surface area (Å²) in [7, 11) is 0. The topological polar surface area (TPSA) is 93.5 Å². The monoisotopic (exact) mass is 253 g/mol. The first-order chi connectivity index (χ1) is 8.66. The number of imidazole rings is 1. The first-order valence-corrected chi connectivity index (χ1v) is 5.72. The average Bonchev–Trinajstić information content (AvgIpc) is 2.96. The Morgan fingerprint density at radius 3 is 3.00 bits per heavy atom.